The number of hydrogen-bond donors (Lipinski definition) is 1. The Hall–Kier alpha value is -0.930. The Morgan fingerprint density at radius 3 is 2.50 bits per heavy atom. The Kier molecular flexibility index (Phi) is 4.82. The molecule has 1 N–H and O–H groups in total. The summed E-state index contributed by atoms with van der Waals surface area (Å²) in [5.41, 5.74) is 0.600. The molecule has 0 radical (unpaired) electrons. The quantitative estimate of drug-likeness (QED) is 0.895. The number of benzene rings is 1. The van der Waals surface area contributed by atoms with E-state index in [1.807, 2.05) is 26.0 Å². The van der Waals surface area contributed by atoms with Crippen molar-refractivity contribution in [2.45, 2.75) is 51.0 Å². The van der Waals surface area contributed by atoms with Gasteiger partial charge >= 0.3 is 0 Å². The fourth-order valence-electron chi connectivity index (χ4n) is 2.52. The first kappa shape index (κ1) is 15.5. The summed E-state index contributed by atoms with van der Waals surface area (Å²) in [6.07, 6.45) is 4.82. The number of halogens is 1. The van der Waals surface area contributed by atoms with Crippen molar-refractivity contribution in [1.82, 2.24) is 0 Å². The fraction of sp³-hybridized carbons (Fsp3) is 0.625. The lowest BCUT2D eigenvalue weighted by Crippen LogP contribution is -2.22. The topological polar surface area (TPSA) is 38.7 Å². The van der Waals surface area contributed by atoms with Gasteiger partial charge in [-0.25, -0.2) is 0 Å². The van der Waals surface area contributed by atoms with E-state index in [-0.39, 0.29) is 18.1 Å². The molecule has 1 fully saturated rings. The lowest BCUT2D eigenvalue weighted by Gasteiger charge is -2.25. The largest absolute Gasteiger partial charge is 0.491 e. The fourth-order valence-corrected chi connectivity index (χ4v) is 2.81. The molecule has 0 saturated heterocycles. The number of aliphatic hydroxyl groups is 1. The molecule has 0 bridgehead atoms. The molecule has 4 heteroatoms. The van der Waals surface area contributed by atoms with Gasteiger partial charge in [-0.3, -0.25) is 0 Å². The van der Waals surface area contributed by atoms with Crippen LogP contribution in [0.3, 0.4) is 0 Å². The minimum atomic E-state index is -0.357. The van der Waals surface area contributed by atoms with Crippen LogP contribution in [-0.4, -0.2) is 24.9 Å². The predicted molar refractivity (Wildman–Crippen MR) is 81.0 cm³/mol. The van der Waals surface area contributed by atoms with Crippen LogP contribution in [0.25, 0.3) is 0 Å². The molecular formula is C16H23ClO3. The van der Waals surface area contributed by atoms with Crippen molar-refractivity contribution in [3.05, 3.63) is 22.7 Å². The maximum absolute atomic E-state index is 9.52. The van der Waals surface area contributed by atoms with Crippen LogP contribution in [0.1, 0.15) is 45.1 Å². The van der Waals surface area contributed by atoms with Gasteiger partial charge in [0.2, 0.25) is 0 Å². The van der Waals surface area contributed by atoms with E-state index in [9.17, 15) is 5.11 Å². The lowest BCUT2D eigenvalue weighted by atomic mass is 9.85. The van der Waals surface area contributed by atoms with Crippen LogP contribution in [-0.2, 0) is 5.41 Å². The molecule has 1 aromatic carbocycles. The molecular weight excluding hydrogens is 276 g/mol. The van der Waals surface area contributed by atoms with Gasteiger partial charge in [0.1, 0.15) is 0 Å². The number of rotatable bonds is 5. The second-order valence-electron chi connectivity index (χ2n) is 6.06. The maximum Gasteiger partial charge on any atom is 0.179 e. The number of ether oxygens (including phenoxy) is 2. The zero-order valence-corrected chi connectivity index (χ0v) is 13.2. The summed E-state index contributed by atoms with van der Waals surface area (Å²) >= 11 is 6.30. The van der Waals surface area contributed by atoms with Gasteiger partial charge in [-0.15, -0.1) is 0 Å². The summed E-state index contributed by atoms with van der Waals surface area (Å²) in [7, 11) is 1.60. The van der Waals surface area contributed by atoms with Gasteiger partial charge < -0.3 is 14.6 Å². The van der Waals surface area contributed by atoms with E-state index >= 15 is 0 Å². The van der Waals surface area contributed by atoms with E-state index in [1.54, 1.807) is 7.11 Å². The minimum Gasteiger partial charge on any atom is -0.491 e. The first-order valence-electron chi connectivity index (χ1n) is 7.13. The predicted octanol–water partition coefficient (Wildman–Crippen LogP) is 3.94. The SMILES string of the molecule is COc1c(Cl)cc(C(C)(C)CO)cc1OC1CCCC1. The van der Waals surface area contributed by atoms with Crippen LogP contribution in [0.4, 0.5) is 0 Å². The highest BCUT2D eigenvalue weighted by Gasteiger charge is 2.25. The van der Waals surface area contributed by atoms with E-state index < -0.39 is 0 Å². The Balaban J connectivity index is 2.36. The second kappa shape index (κ2) is 6.23. The Bertz CT molecular complexity index is 465. The number of aliphatic hydroxyl groups excluding tert-OH is 1. The molecule has 1 saturated carbocycles. The van der Waals surface area contributed by atoms with Crippen molar-refractivity contribution < 1.29 is 14.6 Å². The summed E-state index contributed by atoms with van der Waals surface area (Å²) < 4.78 is 11.4. The molecule has 0 heterocycles. The Morgan fingerprint density at radius 1 is 1.30 bits per heavy atom. The van der Waals surface area contributed by atoms with Crippen molar-refractivity contribution in [2.75, 3.05) is 13.7 Å². The molecule has 3 nitrogen and oxygen atoms in total. The summed E-state index contributed by atoms with van der Waals surface area (Å²) in [5.74, 6) is 1.26. The van der Waals surface area contributed by atoms with E-state index in [1.165, 1.54) is 12.8 Å². The van der Waals surface area contributed by atoms with E-state index in [4.69, 9.17) is 21.1 Å². The van der Waals surface area contributed by atoms with Crippen molar-refractivity contribution in [3.8, 4) is 11.5 Å². The average Bonchev–Trinajstić information content (AvgIpc) is 2.91. The van der Waals surface area contributed by atoms with Gasteiger partial charge in [0.25, 0.3) is 0 Å². The monoisotopic (exact) mass is 298 g/mol. The van der Waals surface area contributed by atoms with Crippen LogP contribution >= 0.6 is 11.6 Å². The summed E-state index contributed by atoms with van der Waals surface area (Å²) in [6.45, 7) is 4.01. The van der Waals surface area contributed by atoms with Gasteiger partial charge in [0, 0.05) is 5.41 Å². The molecule has 1 aliphatic carbocycles. The third-order valence-electron chi connectivity index (χ3n) is 3.99. The van der Waals surface area contributed by atoms with Gasteiger partial charge in [0.15, 0.2) is 11.5 Å². The van der Waals surface area contributed by atoms with Crippen LogP contribution in [0.5, 0.6) is 11.5 Å². The highest BCUT2D eigenvalue weighted by atomic mass is 35.5. The highest BCUT2D eigenvalue weighted by Crippen LogP contribution is 2.41. The Morgan fingerprint density at radius 2 is 1.95 bits per heavy atom. The molecule has 0 aliphatic heterocycles. The molecule has 112 valence electrons. The van der Waals surface area contributed by atoms with Gasteiger partial charge in [0.05, 0.1) is 24.8 Å². The van der Waals surface area contributed by atoms with Gasteiger partial charge in [-0.1, -0.05) is 25.4 Å². The van der Waals surface area contributed by atoms with Crippen LogP contribution in [0.15, 0.2) is 12.1 Å². The van der Waals surface area contributed by atoms with Crippen molar-refractivity contribution >= 4 is 11.6 Å². The van der Waals surface area contributed by atoms with E-state index in [2.05, 4.69) is 0 Å². The zero-order valence-electron chi connectivity index (χ0n) is 12.4. The van der Waals surface area contributed by atoms with Crippen molar-refractivity contribution in [3.63, 3.8) is 0 Å². The standard InChI is InChI=1S/C16H23ClO3/c1-16(2,10-18)11-8-13(17)15(19-3)14(9-11)20-12-6-4-5-7-12/h8-9,12,18H,4-7,10H2,1-3H3. The van der Waals surface area contributed by atoms with Gasteiger partial charge in [-0.2, -0.15) is 0 Å². The molecule has 20 heavy (non-hydrogen) atoms. The summed E-state index contributed by atoms with van der Waals surface area (Å²) in [4.78, 5) is 0. The normalized spacial score (nSPS) is 16.4. The van der Waals surface area contributed by atoms with E-state index in [0.29, 0.717) is 16.5 Å². The average molecular weight is 299 g/mol. The van der Waals surface area contributed by atoms with Crippen molar-refractivity contribution in [1.29, 1.82) is 0 Å². The molecule has 0 spiro atoms. The first-order chi connectivity index (χ1) is 9.47. The molecule has 0 aromatic heterocycles. The lowest BCUT2D eigenvalue weighted by molar-refractivity contribution is 0.197. The highest BCUT2D eigenvalue weighted by molar-refractivity contribution is 6.32. The first-order valence-corrected chi connectivity index (χ1v) is 7.51. The molecule has 0 unspecified atom stereocenters. The summed E-state index contributed by atoms with van der Waals surface area (Å²) in [6, 6.07) is 3.79. The maximum atomic E-state index is 9.52. The second-order valence-corrected chi connectivity index (χ2v) is 6.46. The number of hydrogen-bond acceptors (Lipinski definition) is 3. The Labute approximate surface area is 125 Å². The smallest absolute Gasteiger partial charge is 0.179 e. The molecule has 1 aliphatic rings. The van der Waals surface area contributed by atoms with Crippen LogP contribution in [0, 0.1) is 0 Å². The summed E-state index contributed by atoms with van der Waals surface area (Å²) in [5, 5.41) is 10.1. The number of methoxy groups -OCH3 is 1. The minimum absolute atomic E-state index is 0.0541. The third-order valence-corrected chi connectivity index (χ3v) is 4.27. The molecule has 0 atom stereocenters. The third kappa shape index (κ3) is 3.21. The molecule has 0 amide bonds. The van der Waals surface area contributed by atoms with Crippen LogP contribution < -0.4 is 9.47 Å². The van der Waals surface area contributed by atoms with E-state index in [0.717, 1.165) is 18.4 Å². The van der Waals surface area contributed by atoms with Crippen molar-refractivity contribution in [2.24, 2.45) is 0 Å². The zero-order chi connectivity index (χ0) is 14.8. The van der Waals surface area contributed by atoms with Crippen LogP contribution in [0.2, 0.25) is 5.02 Å². The molecule has 1 aromatic rings. The molecule has 2 rings (SSSR count). The van der Waals surface area contributed by atoms with Gasteiger partial charge in [-0.05, 0) is 43.4 Å².